The third-order valence-corrected chi connectivity index (χ3v) is 8.00. The van der Waals surface area contributed by atoms with E-state index in [0.29, 0.717) is 5.69 Å². The monoisotopic (exact) mass is 393 g/mol. The zero-order chi connectivity index (χ0) is 20.8. The van der Waals surface area contributed by atoms with Gasteiger partial charge in [-0.05, 0) is 40.8 Å². The van der Waals surface area contributed by atoms with Crippen molar-refractivity contribution in [3.63, 3.8) is 0 Å². The number of nitrogens with zero attached hydrogens (tertiary/aromatic N) is 1. The number of carbonyl (C=O) groups is 2. The van der Waals surface area contributed by atoms with E-state index in [9.17, 15) is 9.59 Å². The minimum Gasteiger partial charge on any atom is -0.274 e. The van der Waals surface area contributed by atoms with Crippen molar-refractivity contribution in [2.75, 3.05) is 4.90 Å². The lowest BCUT2D eigenvalue weighted by atomic mass is 9.42. The average molecular weight is 393 g/mol. The van der Waals surface area contributed by atoms with Crippen LogP contribution in [0.4, 0.5) is 5.69 Å². The molecule has 2 bridgehead atoms. The first-order valence-corrected chi connectivity index (χ1v) is 10.5. The number of carbonyl (C=O) groups excluding carboxylic acids is 2. The first-order valence-electron chi connectivity index (χ1n) is 10.5. The van der Waals surface area contributed by atoms with Gasteiger partial charge in [0.25, 0.3) is 0 Å². The number of para-hydroxylation sites is 1. The summed E-state index contributed by atoms with van der Waals surface area (Å²) in [5, 5.41) is 0. The van der Waals surface area contributed by atoms with Gasteiger partial charge in [0.2, 0.25) is 11.8 Å². The molecule has 30 heavy (non-hydrogen) atoms. The van der Waals surface area contributed by atoms with Crippen molar-refractivity contribution in [3.05, 3.63) is 101 Å². The van der Waals surface area contributed by atoms with Crippen molar-refractivity contribution in [3.8, 4) is 0 Å². The molecule has 0 N–H and O–H groups in total. The first kappa shape index (κ1) is 17.6. The van der Waals surface area contributed by atoms with Crippen LogP contribution < -0.4 is 4.90 Å². The highest BCUT2D eigenvalue weighted by atomic mass is 16.2. The smallest absolute Gasteiger partial charge is 0.238 e. The molecule has 2 amide bonds. The lowest BCUT2D eigenvalue weighted by Gasteiger charge is -2.57. The zero-order valence-electron chi connectivity index (χ0n) is 17.3. The third kappa shape index (κ3) is 1.74. The summed E-state index contributed by atoms with van der Waals surface area (Å²) < 4.78 is 0. The van der Waals surface area contributed by atoms with Gasteiger partial charge in [-0.1, -0.05) is 80.6 Å². The Morgan fingerprint density at radius 3 is 1.40 bits per heavy atom. The van der Waals surface area contributed by atoms with Crippen molar-refractivity contribution in [2.45, 2.75) is 31.6 Å². The Bertz CT molecular complexity index is 1140. The van der Waals surface area contributed by atoms with Crippen LogP contribution in [0.2, 0.25) is 0 Å². The Balaban J connectivity index is 1.68. The maximum absolute atomic E-state index is 14.0. The Kier molecular flexibility index (Phi) is 3.22. The van der Waals surface area contributed by atoms with Crippen LogP contribution in [0.3, 0.4) is 0 Å². The summed E-state index contributed by atoms with van der Waals surface area (Å²) >= 11 is 0. The summed E-state index contributed by atoms with van der Waals surface area (Å²) in [4.78, 5) is 29.4. The number of amides is 2. The molecule has 0 saturated carbocycles. The van der Waals surface area contributed by atoms with Gasteiger partial charge in [-0.3, -0.25) is 9.59 Å². The molecular formula is C27H23NO2. The minimum atomic E-state index is -0.528. The summed E-state index contributed by atoms with van der Waals surface area (Å²) in [6.45, 7) is 6.28. The van der Waals surface area contributed by atoms with Crippen molar-refractivity contribution >= 4 is 17.5 Å². The summed E-state index contributed by atoms with van der Waals surface area (Å²) in [5.74, 6) is -0.951. The molecule has 0 spiro atoms. The maximum atomic E-state index is 14.0. The summed E-state index contributed by atoms with van der Waals surface area (Å²) in [6.07, 6.45) is 0. The standard InChI is InChI=1S/C27H23NO2/c1-16-10-4-9-15-21(16)28-24(29)22-23(25(28)30)27(3)19-13-7-5-11-17(19)26(22,2)18-12-6-8-14-20(18)27/h4-15,22-23H,1-3H3/t22-,23+,26?,27?. The van der Waals surface area contributed by atoms with Crippen LogP contribution in [0.5, 0.6) is 0 Å². The van der Waals surface area contributed by atoms with E-state index in [-0.39, 0.29) is 11.8 Å². The predicted molar refractivity (Wildman–Crippen MR) is 116 cm³/mol. The molecule has 3 aromatic carbocycles. The zero-order valence-corrected chi connectivity index (χ0v) is 17.3. The van der Waals surface area contributed by atoms with E-state index in [0.717, 1.165) is 5.56 Å². The normalized spacial score (nSPS) is 30.8. The molecule has 148 valence electrons. The lowest BCUT2D eigenvalue weighted by Crippen LogP contribution is -2.59. The molecule has 1 aliphatic heterocycles. The highest BCUT2D eigenvalue weighted by Crippen LogP contribution is 2.66. The van der Waals surface area contributed by atoms with Crippen molar-refractivity contribution in [1.82, 2.24) is 0 Å². The quantitative estimate of drug-likeness (QED) is 0.560. The second-order valence-electron chi connectivity index (χ2n) is 9.25. The van der Waals surface area contributed by atoms with Crippen LogP contribution in [-0.4, -0.2) is 11.8 Å². The van der Waals surface area contributed by atoms with Gasteiger partial charge in [0.1, 0.15) is 0 Å². The minimum absolute atomic E-state index is 0.0722. The topological polar surface area (TPSA) is 37.4 Å². The Morgan fingerprint density at radius 1 is 0.633 bits per heavy atom. The number of imide groups is 1. The second-order valence-corrected chi connectivity index (χ2v) is 9.25. The van der Waals surface area contributed by atoms with E-state index >= 15 is 0 Å². The fourth-order valence-electron chi connectivity index (χ4n) is 6.62. The lowest BCUT2D eigenvalue weighted by molar-refractivity contribution is -0.124. The fourth-order valence-corrected chi connectivity index (χ4v) is 6.62. The van der Waals surface area contributed by atoms with E-state index in [4.69, 9.17) is 0 Å². The van der Waals surface area contributed by atoms with Crippen LogP contribution >= 0.6 is 0 Å². The molecule has 3 aromatic rings. The van der Waals surface area contributed by atoms with Crippen LogP contribution in [-0.2, 0) is 20.4 Å². The molecule has 0 radical (unpaired) electrons. The molecule has 1 fully saturated rings. The number of anilines is 1. The van der Waals surface area contributed by atoms with Crippen LogP contribution in [0, 0.1) is 18.8 Å². The van der Waals surface area contributed by atoms with Gasteiger partial charge >= 0.3 is 0 Å². The molecule has 7 rings (SSSR count). The van der Waals surface area contributed by atoms with Gasteiger partial charge in [0, 0.05) is 10.8 Å². The maximum Gasteiger partial charge on any atom is 0.238 e. The predicted octanol–water partition coefficient (Wildman–Crippen LogP) is 4.74. The summed E-state index contributed by atoms with van der Waals surface area (Å²) in [6, 6.07) is 24.5. The van der Waals surface area contributed by atoms with Gasteiger partial charge in [0.05, 0.1) is 17.5 Å². The SMILES string of the molecule is Cc1ccccc1N1C(=O)[C@@H]2[C@H](C1=O)C1(C)c3ccccc3C2(C)c2ccccc21. The number of hydrogen-bond acceptors (Lipinski definition) is 2. The molecule has 4 aliphatic rings. The molecule has 0 aromatic heterocycles. The van der Waals surface area contributed by atoms with E-state index in [2.05, 4.69) is 38.1 Å². The van der Waals surface area contributed by atoms with Crippen molar-refractivity contribution in [1.29, 1.82) is 0 Å². The molecule has 3 nitrogen and oxygen atoms in total. The largest absolute Gasteiger partial charge is 0.274 e. The summed E-state index contributed by atoms with van der Waals surface area (Å²) in [5.41, 5.74) is 5.32. The van der Waals surface area contributed by atoms with E-state index in [1.807, 2.05) is 55.5 Å². The van der Waals surface area contributed by atoms with E-state index < -0.39 is 22.7 Å². The summed E-state index contributed by atoms with van der Waals surface area (Å²) in [7, 11) is 0. The molecule has 2 atom stereocenters. The van der Waals surface area contributed by atoms with Gasteiger partial charge < -0.3 is 0 Å². The second kappa shape index (κ2) is 5.48. The molecule has 3 heteroatoms. The van der Waals surface area contributed by atoms with E-state index in [1.54, 1.807) is 0 Å². The number of rotatable bonds is 1. The Labute approximate surface area is 176 Å². The average Bonchev–Trinajstić information content (AvgIpc) is 3.04. The van der Waals surface area contributed by atoms with Gasteiger partial charge in [-0.2, -0.15) is 0 Å². The van der Waals surface area contributed by atoms with Crippen LogP contribution in [0.15, 0.2) is 72.8 Å². The molecular weight excluding hydrogens is 370 g/mol. The molecule has 0 unspecified atom stereocenters. The number of aryl methyl sites for hydroxylation is 1. The highest BCUT2D eigenvalue weighted by Gasteiger charge is 2.70. The molecule has 3 aliphatic carbocycles. The van der Waals surface area contributed by atoms with E-state index in [1.165, 1.54) is 27.2 Å². The fraction of sp³-hybridized carbons (Fsp3) is 0.259. The van der Waals surface area contributed by atoms with Gasteiger partial charge in [0.15, 0.2) is 0 Å². The molecule has 1 heterocycles. The molecule has 1 saturated heterocycles. The Hall–Kier alpha value is -3.20. The van der Waals surface area contributed by atoms with Gasteiger partial charge in [-0.25, -0.2) is 4.90 Å². The number of benzene rings is 3. The first-order chi connectivity index (χ1) is 14.4. The van der Waals surface area contributed by atoms with Crippen LogP contribution in [0.25, 0.3) is 0 Å². The van der Waals surface area contributed by atoms with Crippen molar-refractivity contribution < 1.29 is 9.59 Å². The number of hydrogen-bond donors (Lipinski definition) is 0. The third-order valence-electron chi connectivity index (χ3n) is 8.00. The van der Waals surface area contributed by atoms with Crippen molar-refractivity contribution in [2.24, 2.45) is 11.8 Å². The van der Waals surface area contributed by atoms with Crippen LogP contribution in [0.1, 0.15) is 41.7 Å². The highest BCUT2D eigenvalue weighted by molar-refractivity contribution is 6.24. The Morgan fingerprint density at radius 2 is 1.00 bits per heavy atom. The van der Waals surface area contributed by atoms with Gasteiger partial charge in [-0.15, -0.1) is 0 Å².